The van der Waals surface area contributed by atoms with Crippen LogP contribution < -0.4 is 10.6 Å². The summed E-state index contributed by atoms with van der Waals surface area (Å²) in [7, 11) is 0. The van der Waals surface area contributed by atoms with E-state index in [0.717, 1.165) is 34.0 Å². The van der Waals surface area contributed by atoms with Crippen LogP contribution in [0.2, 0.25) is 0 Å². The summed E-state index contributed by atoms with van der Waals surface area (Å²) in [6.07, 6.45) is -0.713. The summed E-state index contributed by atoms with van der Waals surface area (Å²) in [5.41, 5.74) is 3.75. The molecule has 0 bridgehead atoms. The zero-order chi connectivity index (χ0) is 18.0. The first-order valence-corrected chi connectivity index (χ1v) is 9.14. The van der Waals surface area contributed by atoms with Crippen molar-refractivity contribution in [1.29, 1.82) is 0 Å². The molecule has 1 aromatic heterocycles. The summed E-state index contributed by atoms with van der Waals surface area (Å²) < 4.78 is 1.69. The van der Waals surface area contributed by atoms with Crippen LogP contribution in [0.15, 0.2) is 24.3 Å². The minimum atomic E-state index is -0.780. The third-order valence-electron chi connectivity index (χ3n) is 3.89. The summed E-state index contributed by atoms with van der Waals surface area (Å²) in [6, 6.07) is 7.74. The first-order chi connectivity index (χ1) is 12.0. The number of aliphatic hydroxyl groups excluding tert-OH is 1. The molecular formula is C17H20N4O3S. The number of thioether (sulfide) groups is 1. The Morgan fingerprint density at radius 2 is 2.08 bits per heavy atom. The quantitative estimate of drug-likeness (QED) is 0.716. The van der Waals surface area contributed by atoms with E-state index in [9.17, 15) is 14.7 Å². The number of amides is 2. The third kappa shape index (κ3) is 3.69. The average molecular weight is 360 g/mol. The highest BCUT2D eigenvalue weighted by Crippen LogP contribution is 2.36. The van der Waals surface area contributed by atoms with Gasteiger partial charge < -0.3 is 15.7 Å². The van der Waals surface area contributed by atoms with Gasteiger partial charge in [-0.05, 0) is 25.5 Å². The van der Waals surface area contributed by atoms with E-state index >= 15 is 0 Å². The van der Waals surface area contributed by atoms with E-state index in [1.807, 2.05) is 31.2 Å². The molecule has 0 saturated carbocycles. The minimum absolute atomic E-state index is 0.0251. The van der Waals surface area contributed by atoms with Gasteiger partial charge in [0.15, 0.2) is 0 Å². The molecule has 1 aromatic carbocycles. The van der Waals surface area contributed by atoms with Crippen molar-refractivity contribution in [2.75, 3.05) is 11.9 Å². The Morgan fingerprint density at radius 3 is 2.80 bits per heavy atom. The van der Waals surface area contributed by atoms with Crippen molar-refractivity contribution in [2.45, 2.75) is 31.5 Å². The monoisotopic (exact) mass is 360 g/mol. The molecule has 132 valence electrons. The van der Waals surface area contributed by atoms with Gasteiger partial charge in [-0.3, -0.25) is 9.59 Å². The van der Waals surface area contributed by atoms with Gasteiger partial charge in [-0.15, -0.1) is 0 Å². The molecule has 0 radical (unpaired) electrons. The van der Waals surface area contributed by atoms with Gasteiger partial charge in [-0.1, -0.05) is 18.2 Å². The molecule has 2 aromatic rings. The van der Waals surface area contributed by atoms with Crippen molar-refractivity contribution in [1.82, 2.24) is 15.1 Å². The van der Waals surface area contributed by atoms with Crippen LogP contribution in [-0.2, 0) is 21.1 Å². The van der Waals surface area contributed by atoms with Crippen molar-refractivity contribution in [3.63, 3.8) is 0 Å². The Labute approximate surface area is 149 Å². The van der Waals surface area contributed by atoms with Crippen LogP contribution in [-0.4, -0.2) is 39.4 Å². The minimum Gasteiger partial charge on any atom is -0.392 e. The van der Waals surface area contributed by atoms with Gasteiger partial charge in [-0.25, -0.2) is 4.68 Å². The average Bonchev–Trinajstić information content (AvgIpc) is 3.15. The number of carbonyl (C=O) groups is 2. The Bertz CT molecular complexity index is 816. The van der Waals surface area contributed by atoms with Crippen molar-refractivity contribution < 1.29 is 14.7 Å². The van der Waals surface area contributed by atoms with Gasteiger partial charge in [0, 0.05) is 23.6 Å². The number of nitrogens with one attached hydrogen (secondary N) is 2. The number of carbonyl (C=O) groups excluding carboxylic acids is 2. The van der Waals surface area contributed by atoms with Gasteiger partial charge >= 0.3 is 11.8 Å². The predicted molar refractivity (Wildman–Crippen MR) is 96.6 cm³/mol. The van der Waals surface area contributed by atoms with Crippen molar-refractivity contribution in [2.24, 2.45) is 0 Å². The number of benzene rings is 1. The van der Waals surface area contributed by atoms with Crippen LogP contribution in [0.1, 0.15) is 23.7 Å². The molecule has 0 unspecified atom stereocenters. The Morgan fingerprint density at radius 1 is 1.32 bits per heavy atom. The molecule has 1 aliphatic heterocycles. The van der Waals surface area contributed by atoms with Crippen LogP contribution in [0, 0.1) is 6.92 Å². The largest absolute Gasteiger partial charge is 0.392 e. The maximum atomic E-state index is 12.2. The molecule has 1 atom stereocenters. The van der Waals surface area contributed by atoms with Crippen LogP contribution in [0.5, 0.6) is 0 Å². The third-order valence-corrected chi connectivity index (χ3v) is 4.86. The molecule has 25 heavy (non-hydrogen) atoms. The SMILES string of the molecule is Cc1ccccc1-n1nc2c(c1NC(=O)C(=O)NC[C@H](C)O)CSC2. The highest BCUT2D eigenvalue weighted by molar-refractivity contribution is 7.98. The normalized spacial score (nSPS) is 14.0. The second-order valence-corrected chi connectivity index (χ2v) is 6.96. The lowest BCUT2D eigenvalue weighted by molar-refractivity contribution is -0.136. The smallest absolute Gasteiger partial charge is 0.314 e. The molecule has 2 amide bonds. The zero-order valence-electron chi connectivity index (χ0n) is 14.1. The number of nitrogens with zero attached hydrogens (tertiary/aromatic N) is 2. The summed E-state index contributed by atoms with van der Waals surface area (Å²) in [4.78, 5) is 24.2. The van der Waals surface area contributed by atoms with E-state index in [-0.39, 0.29) is 6.54 Å². The van der Waals surface area contributed by atoms with Crippen LogP contribution in [0.25, 0.3) is 5.69 Å². The number of rotatable bonds is 4. The fourth-order valence-corrected chi connectivity index (χ4v) is 3.64. The Kier molecular flexibility index (Phi) is 5.10. The molecule has 0 aliphatic carbocycles. The van der Waals surface area contributed by atoms with E-state index in [1.165, 1.54) is 6.92 Å². The molecule has 7 nitrogen and oxygen atoms in total. The number of aryl methyl sites for hydroxylation is 1. The van der Waals surface area contributed by atoms with E-state index in [1.54, 1.807) is 16.4 Å². The maximum Gasteiger partial charge on any atom is 0.314 e. The second-order valence-electron chi connectivity index (χ2n) is 5.98. The van der Waals surface area contributed by atoms with Gasteiger partial charge in [0.1, 0.15) is 5.82 Å². The highest BCUT2D eigenvalue weighted by atomic mass is 32.2. The standard InChI is InChI=1S/C17H20N4O3S/c1-10-5-3-4-6-14(10)21-15(12-8-25-9-13(12)20-21)19-17(24)16(23)18-7-11(2)22/h3-6,11,22H,7-9H2,1-2H3,(H,18,23)(H,19,24)/t11-/m0/s1. The van der Waals surface area contributed by atoms with Crippen molar-refractivity contribution >= 4 is 29.4 Å². The molecular weight excluding hydrogens is 340 g/mol. The van der Waals surface area contributed by atoms with Gasteiger partial charge in [0.25, 0.3) is 0 Å². The van der Waals surface area contributed by atoms with Gasteiger partial charge in [0.2, 0.25) is 0 Å². The molecule has 3 N–H and O–H groups in total. The van der Waals surface area contributed by atoms with E-state index < -0.39 is 17.9 Å². The number of hydrogen-bond donors (Lipinski definition) is 3. The van der Waals surface area contributed by atoms with Crippen molar-refractivity contribution in [3.8, 4) is 5.69 Å². The summed E-state index contributed by atoms with van der Waals surface area (Å²) in [6.45, 7) is 3.53. The van der Waals surface area contributed by atoms with E-state index in [4.69, 9.17) is 0 Å². The fraction of sp³-hybridized carbons (Fsp3) is 0.353. The maximum absolute atomic E-state index is 12.2. The molecule has 0 spiro atoms. The number of aliphatic hydroxyl groups is 1. The Hall–Kier alpha value is -2.32. The second kappa shape index (κ2) is 7.28. The van der Waals surface area contributed by atoms with Crippen molar-refractivity contribution in [3.05, 3.63) is 41.1 Å². The summed E-state index contributed by atoms with van der Waals surface area (Å²) in [5.74, 6) is 0.511. The molecule has 3 rings (SSSR count). The number of hydrogen-bond acceptors (Lipinski definition) is 5. The number of anilines is 1. The Balaban J connectivity index is 1.89. The molecule has 0 fully saturated rings. The zero-order valence-corrected chi connectivity index (χ0v) is 14.9. The number of fused-ring (bicyclic) bond motifs is 1. The summed E-state index contributed by atoms with van der Waals surface area (Å²) in [5, 5.41) is 18.9. The van der Waals surface area contributed by atoms with Crippen LogP contribution >= 0.6 is 11.8 Å². The lowest BCUT2D eigenvalue weighted by Crippen LogP contribution is -2.39. The lowest BCUT2D eigenvalue weighted by atomic mass is 10.2. The van der Waals surface area contributed by atoms with E-state index in [2.05, 4.69) is 15.7 Å². The summed E-state index contributed by atoms with van der Waals surface area (Å²) >= 11 is 1.72. The number of para-hydroxylation sites is 1. The fourth-order valence-electron chi connectivity index (χ4n) is 2.60. The van der Waals surface area contributed by atoms with Crippen LogP contribution in [0.4, 0.5) is 5.82 Å². The molecule has 1 aliphatic rings. The lowest BCUT2D eigenvalue weighted by Gasteiger charge is -2.13. The molecule has 2 heterocycles. The molecule has 0 saturated heterocycles. The number of aromatic nitrogens is 2. The first kappa shape index (κ1) is 17.5. The predicted octanol–water partition coefficient (Wildman–Crippen LogP) is 1.36. The molecule has 8 heteroatoms. The van der Waals surface area contributed by atoms with Gasteiger partial charge in [-0.2, -0.15) is 16.9 Å². The highest BCUT2D eigenvalue weighted by Gasteiger charge is 2.26. The van der Waals surface area contributed by atoms with E-state index in [0.29, 0.717) is 5.82 Å². The topological polar surface area (TPSA) is 96.2 Å². The van der Waals surface area contributed by atoms with Crippen LogP contribution in [0.3, 0.4) is 0 Å². The first-order valence-electron chi connectivity index (χ1n) is 7.99. The van der Waals surface area contributed by atoms with Gasteiger partial charge in [0.05, 0.1) is 17.5 Å².